The van der Waals surface area contributed by atoms with Crippen molar-refractivity contribution in [2.75, 3.05) is 20.2 Å². The van der Waals surface area contributed by atoms with Crippen LogP contribution in [0.2, 0.25) is 0 Å². The van der Waals surface area contributed by atoms with Crippen LogP contribution in [0.3, 0.4) is 0 Å². The highest BCUT2D eigenvalue weighted by molar-refractivity contribution is 5.43. The molecule has 0 aliphatic carbocycles. The smallest absolute Gasteiger partial charge is 0.122 e. The monoisotopic (exact) mass is 219 g/mol. The standard InChI is InChI=1S/C14H21NO/c1-10-7-13(8-14(16-3)11(10)2)12-5-4-6-15-9-12/h7-8,12,15H,4-6,9H2,1-3H3. The molecule has 1 saturated heterocycles. The van der Waals surface area contributed by atoms with Crippen LogP contribution < -0.4 is 10.1 Å². The number of hydrogen-bond acceptors (Lipinski definition) is 2. The minimum atomic E-state index is 0.655. The summed E-state index contributed by atoms with van der Waals surface area (Å²) in [6.07, 6.45) is 2.57. The third-order valence-electron chi connectivity index (χ3n) is 3.63. The Morgan fingerprint density at radius 3 is 2.75 bits per heavy atom. The van der Waals surface area contributed by atoms with Gasteiger partial charge < -0.3 is 10.1 Å². The maximum Gasteiger partial charge on any atom is 0.122 e. The molecule has 1 aromatic rings. The molecule has 0 saturated carbocycles. The highest BCUT2D eigenvalue weighted by Gasteiger charge is 2.17. The Balaban J connectivity index is 2.29. The number of rotatable bonds is 2. The lowest BCUT2D eigenvalue weighted by Gasteiger charge is -2.24. The van der Waals surface area contributed by atoms with Crippen molar-refractivity contribution in [3.63, 3.8) is 0 Å². The zero-order valence-electron chi connectivity index (χ0n) is 10.5. The van der Waals surface area contributed by atoms with E-state index in [0.29, 0.717) is 5.92 Å². The number of hydrogen-bond donors (Lipinski definition) is 1. The number of benzene rings is 1. The van der Waals surface area contributed by atoms with Crippen LogP contribution >= 0.6 is 0 Å². The molecule has 2 rings (SSSR count). The Bertz CT molecular complexity index is 367. The van der Waals surface area contributed by atoms with Crippen molar-refractivity contribution in [2.24, 2.45) is 0 Å². The first-order valence-electron chi connectivity index (χ1n) is 6.08. The fourth-order valence-electron chi connectivity index (χ4n) is 2.44. The minimum absolute atomic E-state index is 0.655. The van der Waals surface area contributed by atoms with Gasteiger partial charge in [-0.2, -0.15) is 0 Å². The van der Waals surface area contributed by atoms with Crippen LogP contribution in [0.25, 0.3) is 0 Å². The van der Waals surface area contributed by atoms with E-state index in [-0.39, 0.29) is 0 Å². The molecule has 0 radical (unpaired) electrons. The highest BCUT2D eigenvalue weighted by atomic mass is 16.5. The topological polar surface area (TPSA) is 21.3 Å². The van der Waals surface area contributed by atoms with Crippen molar-refractivity contribution < 1.29 is 4.74 Å². The molecule has 2 nitrogen and oxygen atoms in total. The summed E-state index contributed by atoms with van der Waals surface area (Å²) < 4.78 is 5.44. The highest BCUT2D eigenvalue weighted by Crippen LogP contribution is 2.30. The average Bonchev–Trinajstić information content (AvgIpc) is 2.33. The summed E-state index contributed by atoms with van der Waals surface area (Å²) in [5.41, 5.74) is 4.02. The Labute approximate surface area is 98.0 Å². The molecule has 0 bridgehead atoms. The summed E-state index contributed by atoms with van der Waals surface area (Å²) in [5, 5.41) is 3.46. The average molecular weight is 219 g/mol. The van der Waals surface area contributed by atoms with E-state index in [2.05, 4.69) is 31.3 Å². The number of nitrogens with one attached hydrogen (secondary N) is 1. The molecule has 16 heavy (non-hydrogen) atoms. The van der Waals surface area contributed by atoms with Gasteiger partial charge in [-0.05, 0) is 61.9 Å². The van der Waals surface area contributed by atoms with Crippen molar-refractivity contribution in [3.05, 3.63) is 28.8 Å². The van der Waals surface area contributed by atoms with Crippen LogP contribution in [-0.4, -0.2) is 20.2 Å². The molecule has 1 aliphatic rings. The lowest BCUT2D eigenvalue weighted by atomic mass is 9.89. The van der Waals surface area contributed by atoms with Gasteiger partial charge in [-0.3, -0.25) is 0 Å². The quantitative estimate of drug-likeness (QED) is 0.826. The van der Waals surface area contributed by atoms with Gasteiger partial charge in [-0.15, -0.1) is 0 Å². The fourth-order valence-corrected chi connectivity index (χ4v) is 2.44. The van der Waals surface area contributed by atoms with Crippen molar-refractivity contribution in [3.8, 4) is 5.75 Å². The van der Waals surface area contributed by atoms with E-state index in [0.717, 1.165) is 12.3 Å². The predicted molar refractivity (Wildman–Crippen MR) is 67.3 cm³/mol. The summed E-state index contributed by atoms with van der Waals surface area (Å²) in [6.45, 7) is 6.55. The number of methoxy groups -OCH3 is 1. The van der Waals surface area contributed by atoms with Crippen molar-refractivity contribution >= 4 is 0 Å². The molecule has 0 spiro atoms. The molecule has 2 heteroatoms. The molecular weight excluding hydrogens is 198 g/mol. The van der Waals surface area contributed by atoms with Gasteiger partial charge >= 0.3 is 0 Å². The van der Waals surface area contributed by atoms with Crippen LogP contribution in [0.1, 0.15) is 35.4 Å². The van der Waals surface area contributed by atoms with Crippen LogP contribution in [0, 0.1) is 13.8 Å². The van der Waals surface area contributed by atoms with E-state index in [1.54, 1.807) is 7.11 Å². The van der Waals surface area contributed by atoms with Crippen LogP contribution in [-0.2, 0) is 0 Å². The van der Waals surface area contributed by atoms with Gasteiger partial charge in [-0.25, -0.2) is 0 Å². The second-order valence-electron chi connectivity index (χ2n) is 4.71. The van der Waals surface area contributed by atoms with Gasteiger partial charge in [0, 0.05) is 6.54 Å². The summed E-state index contributed by atoms with van der Waals surface area (Å²) in [4.78, 5) is 0. The number of ether oxygens (including phenoxy) is 1. The molecule has 0 aromatic heterocycles. The van der Waals surface area contributed by atoms with Crippen molar-refractivity contribution in [2.45, 2.75) is 32.6 Å². The predicted octanol–water partition coefficient (Wildman–Crippen LogP) is 2.78. The largest absolute Gasteiger partial charge is 0.496 e. The van der Waals surface area contributed by atoms with Gasteiger partial charge in [0.25, 0.3) is 0 Å². The third kappa shape index (κ3) is 2.22. The van der Waals surface area contributed by atoms with Crippen molar-refractivity contribution in [1.29, 1.82) is 0 Å². The zero-order chi connectivity index (χ0) is 11.5. The van der Waals surface area contributed by atoms with Crippen LogP contribution in [0.4, 0.5) is 0 Å². The third-order valence-corrected chi connectivity index (χ3v) is 3.63. The number of piperidine rings is 1. The maximum absolute atomic E-state index is 5.44. The minimum Gasteiger partial charge on any atom is -0.496 e. The molecule has 1 heterocycles. The SMILES string of the molecule is COc1cc(C2CCCNC2)cc(C)c1C. The molecule has 1 fully saturated rings. The molecule has 1 N–H and O–H groups in total. The maximum atomic E-state index is 5.44. The lowest BCUT2D eigenvalue weighted by molar-refractivity contribution is 0.408. The van der Waals surface area contributed by atoms with E-state index in [1.165, 1.54) is 36.1 Å². The van der Waals surface area contributed by atoms with E-state index >= 15 is 0 Å². The van der Waals surface area contributed by atoms with Gasteiger partial charge in [-0.1, -0.05) is 6.07 Å². The number of aryl methyl sites for hydroxylation is 1. The summed E-state index contributed by atoms with van der Waals surface area (Å²) in [7, 11) is 1.75. The summed E-state index contributed by atoms with van der Waals surface area (Å²) >= 11 is 0. The summed E-state index contributed by atoms with van der Waals surface area (Å²) in [5.74, 6) is 1.68. The second-order valence-corrected chi connectivity index (χ2v) is 4.71. The van der Waals surface area contributed by atoms with Gasteiger partial charge in [0.2, 0.25) is 0 Å². The molecular formula is C14H21NO. The molecule has 1 unspecified atom stereocenters. The van der Waals surface area contributed by atoms with Gasteiger partial charge in [0.1, 0.15) is 5.75 Å². The Kier molecular flexibility index (Phi) is 3.49. The Hall–Kier alpha value is -1.02. The molecule has 1 aromatic carbocycles. The van der Waals surface area contributed by atoms with E-state index in [1.807, 2.05) is 0 Å². The fraction of sp³-hybridized carbons (Fsp3) is 0.571. The van der Waals surface area contributed by atoms with Crippen LogP contribution in [0.5, 0.6) is 5.75 Å². The lowest BCUT2D eigenvalue weighted by Crippen LogP contribution is -2.28. The first-order chi connectivity index (χ1) is 7.72. The van der Waals surface area contributed by atoms with Crippen molar-refractivity contribution in [1.82, 2.24) is 5.32 Å². The summed E-state index contributed by atoms with van der Waals surface area (Å²) in [6, 6.07) is 4.52. The molecule has 1 aliphatic heterocycles. The molecule has 1 atom stereocenters. The molecule has 88 valence electrons. The van der Waals surface area contributed by atoms with E-state index < -0.39 is 0 Å². The zero-order valence-corrected chi connectivity index (χ0v) is 10.5. The Morgan fingerprint density at radius 1 is 1.31 bits per heavy atom. The Morgan fingerprint density at radius 2 is 2.12 bits per heavy atom. The first kappa shape index (κ1) is 11.5. The van der Waals surface area contributed by atoms with Gasteiger partial charge in [0.15, 0.2) is 0 Å². The van der Waals surface area contributed by atoms with E-state index in [9.17, 15) is 0 Å². The van der Waals surface area contributed by atoms with E-state index in [4.69, 9.17) is 4.74 Å². The second kappa shape index (κ2) is 4.88. The van der Waals surface area contributed by atoms with Gasteiger partial charge in [0.05, 0.1) is 7.11 Å². The first-order valence-corrected chi connectivity index (χ1v) is 6.08. The van der Waals surface area contributed by atoms with Crippen LogP contribution in [0.15, 0.2) is 12.1 Å². The molecule has 0 amide bonds. The normalized spacial score (nSPS) is 20.8.